The number of nitrogens with zero attached hydrogens (tertiary/aromatic N) is 2. The Hall–Kier alpha value is -0.940. The molecule has 16 heavy (non-hydrogen) atoms. The smallest absolute Gasteiger partial charge is 0.167 e. The number of aromatic nitrogens is 2. The zero-order chi connectivity index (χ0) is 11.5. The predicted molar refractivity (Wildman–Crippen MR) is 71.3 cm³/mol. The first-order valence-electron chi connectivity index (χ1n) is 4.80. The first-order chi connectivity index (χ1) is 7.65. The van der Waals surface area contributed by atoms with Gasteiger partial charge in [0, 0.05) is 35.4 Å². The molecule has 0 aliphatic carbocycles. The van der Waals surface area contributed by atoms with Crippen molar-refractivity contribution in [1.82, 2.24) is 9.55 Å². The molecular weight excluding hydrogens is 286 g/mol. The van der Waals surface area contributed by atoms with Crippen molar-refractivity contribution in [3.63, 3.8) is 0 Å². The molecule has 0 unspecified atom stereocenters. The Labute approximate surface area is 107 Å². The molecule has 0 aliphatic rings. The minimum absolute atomic E-state index is 0.782. The van der Waals surface area contributed by atoms with Crippen molar-refractivity contribution in [3.05, 3.63) is 40.6 Å². The van der Waals surface area contributed by atoms with E-state index in [1.165, 1.54) is 5.56 Å². The molecule has 0 saturated carbocycles. The standard InChI is InChI=1S/C11H12BrN3S/c1-15-3-2-14-11(15)16-7-8-4-9(12)6-10(13)5-8/h2-6H,7,13H2,1H3. The van der Waals surface area contributed by atoms with Crippen LogP contribution in [0.3, 0.4) is 0 Å². The van der Waals surface area contributed by atoms with Gasteiger partial charge in [0.1, 0.15) is 0 Å². The Balaban J connectivity index is 2.07. The number of nitrogen functional groups attached to an aromatic ring is 1. The van der Waals surface area contributed by atoms with Crippen molar-refractivity contribution in [2.75, 3.05) is 5.73 Å². The fourth-order valence-corrected chi connectivity index (χ4v) is 2.82. The fraction of sp³-hybridized carbons (Fsp3) is 0.182. The Kier molecular flexibility index (Phi) is 3.56. The van der Waals surface area contributed by atoms with Gasteiger partial charge in [0.15, 0.2) is 5.16 Å². The third-order valence-corrected chi connectivity index (χ3v) is 3.71. The molecule has 0 atom stereocenters. The van der Waals surface area contributed by atoms with E-state index in [-0.39, 0.29) is 0 Å². The molecule has 1 aromatic heterocycles. The summed E-state index contributed by atoms with van der Waals surface area (Å²) < 4.78 is 3.02. The van der Waals surface area contributed by atoms with E-state index in [0.717, 1.165) is 21.1 Å². The Morgan fingerprint density at radius 3 is 2.88 bits per heavy atom. The van der Waals surface area contributed by atoms with E-state index in [4.69, 9.17) is 5.73 Å². The summed E-state index contributed by atoms with van der Waals surface area (Å²) in [5, 5.41) is 1.01. The molecule has 2 aromatic rings. The fourth-order valence-electron chi connectivity index (χ4n) is 1.40. The van der Waals surface area contributed by atoms with E-state index in [9.17, 15) is 0 Å². The summed E-state index contributed by atoms with van der Waals surface area (Å²) in [5.41, 5.74) is 7.75. The van der Waals surface area contributed by atoms with E-state index in [2.05, 4.69) is 27.0 Å². The Morgan fingerprint density at radius 1 is 1.44 bits per heavy atom. The molecule has 1 heterocycles. The van der Waals surface area contributed by atoms with E-state index in [0.29, 0.717) is 0 Å². The summed E-state index contributed by atoms with van der Waals surface area (Å²) in [6.07, 6.45) is 3.75. The summed E-state index contributed by atoms with van der Waals surface area (Å²) in [6.45, 7) is 0. The van der Waals surface area contributed by atoms with Gasteiger partial charge in [-0.1, -0.05) is 27.7 Å². The van der Waals surface area contributed by atoms with Crippen LogP contribution in [0.25, 0.3) is 0 Å². The van der Waals surface area contributed by atoms with Gasteiger partial charge in [-0.05, 0) is 23.8 Å². The molecule has 2 N–H and O–H groups in total. The van der Waals surface area contributed by atoms with E-state index in [1.807, 2.05) is 29.9 Å². The van der Waals surface area contributed by atoms with Crippen molar-refractivity contribution in [2.45, 2.75) is 10.9 Å². The molecule has 0 radical (unpaired) electrons. The van der Waals surface area contributed by atoms with Crippen LogP contribution >= 0.6 is 27.7 Å². The quantitative estimate of drug-likeness (QED) is 0.699. The number of hydrogen-bond donors (Lipinski definition) is 1. The monoisotopic (exact) mass is 297 g/mol. The number of halogens is 1. The van der Waals surface area contributed by atoms with Gasteiger partial charge in [-0.3, -0.25) is 0 Å². The summed E-state index contributed by atoms with van der Waals surface area (Å²) in [6, 6.07) is 5.96. The second kappa shape index (κ2) is 4.93. The normalized spacial score (nSPS) is 10.6. The zero-order valence-corrected chi connectivity index (χ0v) is 11.3. The van der Waals surface area contributed by atoms with Gasteiger partial charge in [0.2, 0.25) is 0 Å². The van der Waals surface area contributed by atoms with Gasteiger partial charge in [-0.25, -0.2) is 4.98 Å². The first kappa shape index (κ1) is 11.5. The lowest BCUT2D eigenvalue weighted by atomic mass is 10.2. The lowest BCUT2D eigenvalue weighted by Crippen LogP contribution is -1.91. The predicted octanol–water partition coefficient (Wildman–Crippen LogP) is 3.06. The van der Waals surface area contributed by atoms with Crippen LogP contribution in [0.4, 0.5) is 5.69 Å². The number of benzene rings is 1. The van der Waals surface area contributed by atoms with E-state index in [1.54, 1.807) is 18.0 Å². The van der Waals surface area contributed by atoms with Gasteiger partial charge < -0.3 is 10.3 Å². The summed E-state index contributed by atoms with van der Waals surface area (Å²) in [7, 11) is 1.99. The van der Waals surface area contributed by atoms with Crippen molar-refractivity contribution in [2.24, 2.45) is 7.05 Å². The number of anilines is 1. The molecule has 5 heteroatoms. The summed E-state index contributed by atoms with van der Waals surface area (Å²) in [4.78, 5) is 4.26. The number of aryl methyl sites for hydroxylation is 1. The Bertz CT molecular complexity index is 475. The number of rotatable bonds is 3. The summed E-state index contributed by atoms with van der Waals surface area (Å²) >= 11 is 5.14. The highest BCUT2D eigenvalue weighted by atomic mass is 79.9. The summed E-state index contributed by atoms with van der Waals surface area (Å²) in [5.74, 6) is 0.870. The van der Waals surface area contributed by atoms with Gasteiger partial charge >= 0.3 is 0 Å². The van der Waals surface area contributed by atoms with Crippen molar-refractivity contribution in [1.29, 1.82) is 0 Å². The Morgan fingerprint density at radius 2 is 2.25 bits per heavy atom. The van der Waals surface area contributed by atoms with Gasteiger partial charge in [0.25, 0.3) is 0 Å². The molecule has 0 spiro atoms. The van der Waals surface area contributed by atoms with Crippen LogP contribution in [0.1, 0.15) is 5.56 Å². The molecular formula is C11H12BrN3S. The minimum Gasteiger partial charge on any atom is -0.399 e. The lowest BCUT2D eigenvalue weighted by molar-refractivity contribution is 0.790. The minimum atomic E-state index is 0.782. The van der Waals surface area contributed by atoms with E-state index < -0.39 is 0 Å². The topological polar surface area (TPSA) is 43.8 Å². The molecule has 1 aromatic carbocycles. The SMILES string of the molecule is Cn1ccnc1SCc1cc(N)cc(Br)c1. The maximum atomic E-state index is 5.78. The number of nitrogens with two attached hydrogens (primary N) is 1. The highest BCUT2D eigenvalue weighted by molar-refractivity contribution is 9.10. The zero-order valence-electron chi connectivity index (χ0n) is 8.85. The second-order valence-corrected chi connectivity index (χ2v) is 5.36. The molecule has 0 bridgehead atoms. The largest absolute Gasteiger partial charge is 0.399 e. The third-order valence-electron chi connectivity index (χ3n) is 2.12. The van der Waals surface area contributed by atoms with Gasteiger partial charge in [-0.2, -0.15) is 0 Å². The van der Waals surface area contributed by atoms with Crippen LogP contribution in [-0.2, 0) is 12.8 Å². The molecule has 0 aliphatic heterocycles. The van der Waals surface area contributed by atoms with Crippen LogP contribution in [0.15, 0.2) is 40.2 Å². The van der Waals surface area contributed by atoms with E-state index >= 15 is 0 Å². The third kappa shape index (κ3) is 2.80. The molecule has 2 rings (SSSR count). The number of hydrogen-bond acceptors (Lipinski definition) is 3. The van der Waals surface area contributed by atoms with Gasteiger partial charge in [0.05, 0.1) is 0 Å². The lowest BCUT2D eigenvalue weighted by Gasteiger charge is -2.04. The first-order valence-corrected chi connectivity index (χ1v) is 6.58. The maximum absolute atomic E-state index is 5.78. The van der Waals surface area contributed by atoms with Crippen LogP contribution in [0.5, 0.6) is 0 Å². The van der Waals surface area contributed by atoms with Gasteiger partial charge in [-0.15, -0.1) is 0 Å². The maximum Gasteiger partial charge on any atom is 0.167 e. The van der Waals surface area contributed by atoms with Crippen molar-refractivity contribution in [3.8, 4) is 0 Å². The van der Waals surface area contributed by atoms with Crippen molar-refractivity contribution < 1.29 is 0 Å². The van der Waals surface area contributed by atoms with Crippen LogP contribution in [-0.4, -0.2) is 9.55 Å². The van der Waals surface area contributed by atoms with Crippen LogP contribution < -0.4 is 5.73 Å². The molecule has 84 valence electrons. The molecule has 0 fully saturated rings. The molecule has 0 saturated heterocycles. The number of thioether (sulfide) groups is 1. The average Bonchev–Trinajstić information content (AvgIpc) is 2.59. The second-order valence-electron chi connectivity index (χ2n) is 3.50. The molecule has 0 amide bonds. The van der Waals surface area contributed by atoms with Crippen LogP contribution in [0.2, 0.25) is 0 Å². The van der Waals surface area contributed by atoms with Crippen LogP contribution in [0, 0.1) is 0 Å². The number of imidazole rings is 1. The average molecular weight is 298 g/mol. The molecule has 3 nitrogen and oxygen atoms in total. The highest BCUT2D eigenvalue weighted by Crippen LogP contribution is 2.24. The highest BCUT2D eigenvalue weighted by Gasteiger charge is 2.02. The van der Waals surface area contributed by atoms with Crippen molar-refractivity contribution >= 4 is 33.4 Å².